The topological polar surface area (TPSA) is 124 Å². The standard InChI is InChI=1S/C19H13Cl2N5O3S/c20-13-4-3-5-15(18(13)21)25-19(27)24-14-8-7-12(11-22)10-16(14)26-30(28,29)17-6-1-2-9-23-17/h1-10,26H,(H2,24,25,27). The van der Waals surface area contributed by atoms with Gasteiger partial charge in [-0.25, -0.2) is 9.78 Å². The molecule has 0 spiro atoms. The third kappa shape index (κ3) is 4.99. The van der Waals surface area contributed by atoms with Crippen molar-refractivity contribution in [2.24, 2.45) is 0 Å². The first kappa shape index (κ1) is 21.4. The number of halogens is 2. The minimum atomic E-state index is -4.05. The van der Waals surface area contributed by atoms with Crippen molar-refractivity contribution < 1.29 is 13.2 Å². The van der Waals surface area contributed by atoms with Crippen molar-refractivity contribution in [1.29, 1.82) is 5.26 Å². The average molecular weight is 462 g/mol. The number of urea groups is 1. The molecule has 1 heterocycles. The summed E-state index contributed by atoms with van der Waals surface area (Å²) in [6.45, 7) is 0. The first-order chi connectivity index (χ1) is 14.3. The Labute approximate surface area is 182 Å². The number of hydrogen-bond acceptors (Lipinski definition) is 5. The van der Waals surface area contributed by atoms with Crippen LogP contribution in [0, 0.1) is 11.3 Å². The largest absolute Gasteiger partial charge is 0.323 e. The minimum absolute atomic E-state index is 0.00737. The molecule has 0 saturated carbocycles. The summed E-state index contributed by atoms with van der Waals surface area (Å²) < 4.78 is 27.5. The second-order valence-corrected chi connectivity index (χ2v) is 8.24. The lowest BCUT2D eigenvalue weighted by atomic mass is 10.2. The number of nitrogens with one attached hydrogen (secondary N) is 3. The number of carbonyl (C=O) groups excluding carboxylic acids is 1. The molecule has 3 N–H and O–H groups in total. The summed E-state index contributed by atoms with van der Waals surface area (Å²) in [5.41, 5.74) is 0.569. The molecule has 0 aliphatic carbocycles. The van der Waals surface area contributed by atoms with Crippen LogP contribution in [0.25, 0.3) is 0 Å². The molecular weight excluding hydrogens is 449 g/mol. The van der Waals surface area contributed by atoms with Crippen molar-refractivity contribution in [2.75, 3.05) is 15.4 Å². The van der Waals surface area contributed by atoms with Crippen LogP contribution in [0.5, 0.6) is 0 Å². The number of hydrogen-bond donors (Lipinski definition) is 3. The Morgan fingerprint density at radius 2 is 1.73 bits per heavy atom. The highest BCUT2D eigenvalue weighted by atomic mass is 35.5. The Morgan fingerprint density at radius 1 is 0.967 bits per heavy atom. The molecule has 0 saturated heterocycles. The number of nitrogens with zero attached hydrogens (tertiary/aromatic N) is 2. The van der Waals surface area contributed by atoms with Gasteiger partial charge in [-0.2, -0.15) is 13.7 Å². The van der Waals surface area contributed by atoms with Gasteiger partial charge in [-0.05, 0) is 42.5 Å². The van der Waals surface area contributed by atoms with Gasteiger partial charge in [0.25, 0.3) is 10.0 Å². The van der Waals surface area contributed by atoms with Crippen molar-refractivity contribution in [3.63, 3.8) is 0 Å². The van der Waals surface area contributed by atoms with Gasteiger partial charge >= 0.3 is 6.03 Å². The van der Waals surface area contributed by atoms with Gasteiger partial charge in [-0.1, -0.05) is 35.3 Å². The van der Waals surface area contributed by atoms with E-state index in [1.54, 1.807) is 24.3 Å². The number of sulfonamides is 1. The first-order valence-electron chi connectivity index (χ1n) is 8.30. The maximum Gasteiger partial charge on any atom is 0.323 e. The van der Waals surface area contributed by atoms with Crippen LogP contribution in [0.15, 0.2) is 65.8 Å². The minimum Gasteiger partial charge on any atom is -0.306 e. The summed E-state index contributed by atoms with van der Waals surface area (Å²) in [7, 11) is -4.05. The third-order valence-corrected chi connectivity index (χ3v) is 5.85. The summed E-state index contributed by atoms with van der Waals surface area (Å²) in [5, 5.41) is 14.4. The maximum atomic E-state index is 12.6. The molecule has 0 bridgehead atoms. The Balaban J connectivity index is 1.87. The Bertz CT molecular complexity index is 1240. The molecule has 2 aromatic carbocycles. The lowest BCUT2D eigenvalue weighted by Crippen LogP contribution is -2.22. The van der Waals surface area contributed by atoms with Crippen LogP contribution in [0.2, 0.25) is 10.0 Å². The van der Waals surface area contributed by atoms with Crippen LogP contribution >= 0.6 is 23.2 Å². The Morgan fingerprint density at radius 3 is 2.43 bits per heavy atom. The zero-order chi connectivity index (χ0) is 21.7. The smallest absolute Gasteiger partial charge is 0.306 e. The van der Waals surface area contributed by atoms with Gasteiger partial charge in [-0.15, -0.1) is 0 Å². The molecular formula is C19H13Cl2N5O3S. The summed E-state index contributed by atoms with van der Waals surface area (Å²) in [4.78, 5) is 16.2. The number of pyridine rings is 1. The highest BCUT2D eigenvalue weighted by molar-refractivity contribution is 7.92. The highest BCUT2D eigenvalue weighted by Crippen LogP contribution is 2.30. The summed E-state index contributed by atoms with van der Waals surface area (Å²) >= 11 is 12.0. The van der Waals surface area contributed by atoms with Gasteiger partial charge in [0.15, 0.2) is 5.03 Å². The zero-order valence-electron chi connectivity index (χ0n) is 15.1. The molecule has 3 rings (SSSR count). The van der Waals surface area contributed by atoms with E-state index in [-0.39, 0.29) is 37.7 Å². The van der Waals surface area contributed by atoms with Crippen molar-refractivity contribution in [3.8, 4) is 6.07 Å². The molecule has 3 aromatic rings. The summed E-state index contributed by atoms with van der Waals surface area (Å²) in [6.07, 6.45) is 1.33. The van der Waals surface area contributed by atoms with Gasteiger partial charge in [0.2, 0.25) is 0 Å². The average Bonchev–Trinajstić information content (AvgIpc) is 2.73. The Kier molecular flexibility index (Phi) is 6.42. The van der Waals surface area contributed by atoms with E-state index >= 15 is 0 Å². The van der Waals surface area contributed by atoms with Crippen LogP contribution < -0.4 is 15.4 Å². The van der Waals surface area contributed by atoms with E-state index in [1.807, 2.05) is 6.07 Å². The van der Waals surface area contributed by atoms with Crippen molar-refractivity contribution in [1.82, 2.24) is 4.98 Å². The molecule has 30 heavy (non-hydrogen) atoms. The summed E-state index contributed by atoms with van der Waals surface area (Å²) in [6, 6.07) is 14.5. The number of rotatable bonds is 5. The predicted molar refractivity (Wildman–Crippen MR) is 115 cm³/mol. The maximum absolute atomic E-state index is 12.6. The number of nitriles is 1. The summed E-state index contributed by atoms with van der Waals surface area (Å²) in [5.74, 6) is 0. The molecule has 0 radical (unpaired) electrons. The zero-order valence-corrected chi connectivity index (χ0v) is 17.4. The van der Waals surface area contributed by atoms with Crippen LogP contribution in [0.1, 0.15) is 5.56 Å². The molecule has 0 fully saturated rings. The monoisotopic (exact) mass is 461 g/mol. The third-order valence-electron chi connectivity index (χ3n) is 3.75. The van der Waals surface area contributed by atoms with Gasteiger partial charge < -0.3 is 10.6 Å². The number of benzene rings is 2. The molecule has 0 atom stereocenters. The molecule has 11 heteroatoms. The molecule has 8 nitrogen and oxygen atoms in total. The normalized spacial score (nSPS) is 10.7. The lowest BCUT2D eigenvalue weighted by Gasteiger charge is -2.15. The second-order valence-electron chi connectivity index (χ2n) is 5.83. The Hall–Kier alpha value is -3.32. The fourth-order valence-corrected chi connectivity index (χ4v) is 3.75. The van der Waals surface area contributed by atoms with E-state index in [9.17, 15) is 13.2 Å². The quantitative estimate of drug-likeness (QED) is 0.507. The molecule has 0 aliphatic heterocycles. The SMILES string of the molecule is N#Cc1ccc(NC(=O)Nc2cccc(Cl)c2Cl)c(NS(=O)(=O)c2ccccn2)c1. The van der Waals surface area contributed by atoms with Gasteiger partial charge in [-0.3, -0.25) is 4.72 Å². The van der Waals surface area contributed by atoms with E-state index in [0.717, 1.165) is 0 Å². The van der Waals surface area contributed by atoms with Crippen molar-refractivity contribution >= 4 is 56.3 Å². The molecule has 0 unspecified atom stereocenters. The van der Waals surface area contributed by atoms with E-state index < -0.39 is 16.1 Å². The fraction of sp³-hybridized carbons (Fsp3) is 0. The van der Waals surface area contributed by atoms with Gasteiger partial charge in [0, 0.05) is 6.20 Å². The lowest BCUT2D eigenvalue weighted by molar-refractivity contribution is 0.262. The molecule has 152 valence electrons. The predicted octanol–water partition coefficient (Wildman–Crippen LogP) is 4.70. The number of anilines is 3. The number of carbonyl (C=O) groups is 1. The molecule has 0 aliphatic rings. The second kappa shape index (κ2) is 9.00. The van der Waals surface area contributed by atoms with Crippen LogP contribution in [-0.2, 0) is 10.0 Å². The first-order valence-corrected chi connectivity index (χ1v) is 10.5. The number of aromatic nitrogens is 1. The number of amides is 2. The van der Waals surface area contributed by atoms with Crippen LogP contribution in [0.3, 0.4) is 0 Å². The van der Waals surface area contributed by atoms with Crippen molar-refractivity contribution in [2.45, 2.75) is 5.03 Å². The van der Waals surface area contributed by atoms with Crippen LogP contribution in [0.4, 0.5) is 21.9 Å². The molecule has 2 amide bonds. The van der Waals surface area contributed by atoms with Gasteiger partial charge in [0.05, 0.1) is 38.7 Å². The van der Waals surface area contributed by atoms with Gasteiger partial charge in [0.1, 0.15) is 0 Å². The van der Waals surface area contributed by atoms with E-state index in [0.29, 0.717) is 0 Å². The van der Waals surface area contributed by atoms with E-state index in [2.05, 4.69) is 20.3 Å². The fourth-order valence-electron chi connectivity index (χ4n) is 2.39. The molecule has 1 aromatic heterocycles. The van der Waals surface area contributed by atoms with E-state index in [1.165, 1.54) is 36.5 Å². The van der Waals surface area contributed by atoms with Crippen LogP contribution in [-0.4, -0.2) is 19.4 Å². The highest BCUT2D eigenvalue weighted by Gasteiger charge is 2.19. The van der Waals surface area contributed by atoms with Crippen molar-refractivity contribution in [3.05, 3.63) is 76.4 Å². The van der Waals surface area contributed by atoms with E-state index in [4.69, 9.17) is 28.5 Å².